The maximum Gasteiger partial charge on any atom is 0.108 e. The highest BCUT2D eigenvalue weighted by molar-refractivity contribution is 5.40. The summed E-state index contributed by atoms with van der Waals surface area (Å²) in [7, 11) is 6.17. The highest BCUT2D eigenvalue weighted by atomic mass is 16.5. The lowest BCUT2D eigenvalue weighted by Gasteiger charge is -2.22. The number of hydrogen-bond donors (Lipinski definition) is 0. The van der Waals surface area contributed by atoms with Crippen molar-refractivity contribution in [1.82, 2.24) is 24.5 Å². The van der Waals surface area contributed by atoms with Crippen LogP contribution in [-0.4, -0.2) is 160 Å². The summed E-state index contributed by atoms with van der Waals surface area (Å²) in [6.45, 7) is -39.3. The smallest absolute Gasteiger partial charge is 0.108 e. The summed E-state index contributed by atoms with van der Waals surface area (Å²) in [5, 5.41) is 0. The first-order valence-electron chi connectivity index (χ1n) is 61.2. The number of hydrogen-bond acceptors (Lipinski definition) is 10. The Hall–Kier alpha value is -8.20. The van der Waals surface area contributed by atoms with Gasteiger partial charge in [0, 0.05) is 69.6 Å². The molecule has 0 aliphatic rings. The molecular weight excluding hydrogens is 1230 g/mol. The summed E-state index contributed by atoms with van der Waals surface area (Å²) >= 11 is 0. The number of nitrogens with zero attached hydrogens (tertiary/aromatic N) is 5. The molecule has 0 aliphatic carbocycles. The molecule has 5 unspecified atom stereocenters. The molecule has 530 valence electrons. The van der Waals surface area contributed by atoms with E-state index in [4.69, 9.17) is 110 Å². The van der Waals surface area contributed by atoms with Crippen LogP contribution in [-0.2, 0) is 23.7 Å². The second-order valence-corrected chi connectivity index (χ2v) is 20.6. The molecule has 10 aromatic rings. The zero-order valence-electron chi connectivity index (χ0n) is 119. The zero-order chi connectivity index (χ0) is 126. The zero-order valence-corrected chi connectivity index (χ0v) is 55.7. The Morgan fingerprint density at radius 2 is 0.570 bits per heavy atom. The molecule has 10 aromatic carbocycles. The second-order valence-electron chi connectivity index (χ2n) is 20.6. The fourth-order valence-electron chi connectivity index (χ4n) is 8.05. The van der Waals surface area contributed by atoms with Crippen molar-refractivity contribution in [2.75, 3.05) is 136 Å². The SMILES string of the molecule is [2H]c1c([2H])c([2H])c(C([2H])(OC([2H])([2H])C([2H])([2H])N(C([2H])([2H])[2H])C([2H])([2H])[2H])c2ccccc2C)c([2H])c1[2H].[2H]c1c([2H])c([2H])c(C([2H])(OC([2H])([2H])C([2H])([2H])N(C)C)c2ccccc2C)c([2H])c1[2H].[2H]c1c([2H])c([2H])c(C([2H])(OC([2H])([2H])CN(C([2H])([2H])[2H])C([2H])([2H])[2H])c2ccccc2C)c([2H])c1[2H].[2H]c1c([2H])c([2H])c(C([2H])(OCC([2H])([2H])N(C([2H])([2H])[2H])C([2H])([2H])[2H])c2ccccc2C)c([2H])c1[2H].[2H]c1c([2H])c([2H])c(C([2H])(OCCN(C)C)c2ccccc2C([2H])([2H])[2H])c([2H])c1[2H]. The third-order valence-corrected chi connectivity index (χ3v) is 12.7. The topological polar surface area (TPSA) is 62.4 Å². The van der Waals surface area contributed by atoms with Crippen LogP contribution < -0.4 is 0 Å². The third-order valence-electron chi connectivity index (χ3n) is 12.7. The summed E-state index contributed by atoms with van der Waals surface area (Å²) in [4.78, 5) is 1.62. The molecule has 10 heteroatoms. The molecule has 10 nitrogen and oxygen atoms in total. The molecule has 0 saturated heterocycles. The van der Waals surface area contributed by atoms with Crippen molar-refractivity contribution >= 4 is 0 Å². The van der Waals surface area contributed by atoms with E-state index in [1.165, 1.54) is 113 Å². The lowest BCUT2D eigenvalue weighted by molar-refractivity contribution is 0.0682. The van der Waals surface area contributed by atoms with Gasteiger partial charge in [-0.3, -0.25) is 0 Å². The summed E-state index contributed by atoms with van der Waals surface area (Å²) in [5.41, 5.74) is -2.37. The molecule has 0 aliphatic heterocycles. The number of likely N-dealkylation sites (N-methyl/N-ethyl adjacent to an activating group) is 5. The van der Waals surface area contributed by atoms with Gasteiger partial charge in [-0.05, 0) is 188 Å². The second kappa shape index (κ2) is 45.5. The van der Waals surface area contributed by atoms with Crippen molar-refractivity contribution in [3.8, 4) is 0 Å². The minimum Gasteiger partial charge on any atom is -0.367 e. The van der Waals surface area contributed by atoms with Crippen LogP contribution in [0, 0.1) is 34.5 Å². The molecule has 0 saturated carbocycles. The number of aryl methyl sites for hydroxylation is 5. The van der Waals surface area contributed by atoms with Crippen molar-refractivity contribution in [1.29, 1.82) is 0 Å². The standard InChI is InChI=1S/5C18H23NO/c5*1-15-9-7-8-12-17(15)18(20-14-13-19(2)3)16-10-5-4-6-11-16/h5*4-12,18H,13-14H2,1-3H3/i2D3,3D3,4D,5D,6D,10D,11D,13D2,14D2,18D;2D3,3D3,4D,5D,6D,10D,11D,14D2,18D;2D3,3D3,4D,5D,6D,10D,11D,13D2,18D;4D,5D,6D,10D,11D,13D2,14D2,18D;1D3,4D,5D,6D,10D,11D,18D. The molecule has 0 amide bonds. The van der Waals surface area contributed by atoms with Gasteiger partial charge in [-0.2, -0.15) is 0 Å². The fourth-order valence-corrected chi connectivity index (χ4v) is 8.05. The van der Waals surface area contributed by atoms with Gasteiger partial charge in [0.2, 0.25) is 0 Å². The Balaban J connectivity index is 0.000000310. The molecule has 0 radical (unpaired) electrons. The van der Waals surface area contributed by atoms with E-state index in [1.807, 2.05) is 0 Å². The molecule has 100 heavy (non-hydrogen) atoms. The first-order chi connectivity index (χ1) is 73.4. The first-order valence-corrected chi connectivity index (χ1v) is 29.7. The van der Waals surface area contributed by atoms with Crippen molar-refractivity contribution in [3.63, 3.8) is 0 Å². The van der Waals surface area contributed by atoms with E-state index in [2.05, 4.69) is 0 Å². The van der Waals surface area contributed by atoms with Gasteiger partial charge in [0.15, 0.2) is 0 Å². The summed E-state index contributed by atoms with van der Waals surface area (Å²) < 4.78 is 530. The average molecular weight is 1410 g/mol. The normalized spacial score (nSPS) is 25.0. The average Bonchev–Trinajstić information content (AvgIpc) is 0.635. The molecule has 10 rings (SSSR count). The minimum atomic E-state index is -3.94. The van der Waals surface area contributed by atoms with Gasteiger partial charge < -0.3 is 48.2 Å². The van der Waals surface area contributed by atoms with E-state index in [9.17, 15) is 0 Å². The van der Waals surface area contributed by atoms with Crippen LogP contribution in [0.2, 0.25) is 0 Å². The molecule has 0 bridgehead atoms. The van der Waals surface area contributed by atoms with Gasteiger partial charge >= 0.3 is 0 Å². The lowest BCUT2D eigenvalue weighted by atomic mass is 9.97. The molecule has 0 heterocycles. The molecule has 0 aromatic heterocycles. The van der Waals surface area contributed by atoms with E-state index >= 15 is 0 Å². The maximum absolute atomic E-state index is 9.08. The Bertz CT molecular complexity index is 6840. The van der Waals surface area contributed by atoms with E-state index in [0.29, 0.717) is 23.2 Å². The van der Waals surface area contributed by atoms with Crippen molar-refractivity contribution in [2.24, 2.45) is 0 Å². The Kier molecular flexibility index (Phi) is 13.5. The van der Waals surface area contributed by atoms with Crippen LogP contribution in [0.15, 0.2) is 272 Å². The predicted molar refractivity (Wildman–Crippen MR) is 420 cm³/mol. The maximum atomic E-state index is 9.08. The molecule has 5 atom stereocenters. The van der Waals surface area contributed by atoms with Crippen LogP contribution in [0.5, 0.6) is 0 Å². The fraction of sp³-hybridized carbons (Fsp3) is 0.333. The van der Waals surface area contributed by atoms with Crippen molar-refractivity contribution < 1.29 is 110 Å². The molecular formula is C90H115N5O5. The van der Waals surface area contributed by atoms with Gasteiger partial charge in [0.1, 0.15) is 30.4 Å². The van der Waals surface area contributed by atoms with Gasteiger partial charge in [-0.1, -0.05) is 272 Å². The molecule has 0 spiro atoms. The predicted octanol–water partition coefficient (Wildman–Crippen LogP) is 18.3. The highest BCUT2D eigenvalue weighted by Gasteiger charge is 2.21. The number of benzene rings is 10. The van der Waals surface area contributed by atoms with Crippen molar-refractivity contribution in [2.45, 2.75) is 64.9 Å². The van der Waals surface area contributed by atoms with Gasteiger partial charge in [-0.15, -0.1) is 0 Å². The first kappa shape index (κ1) is 29.6. The Morgan fingerprint density at radius 1 is 0.300 bits per heavy atom. The molecule has 0 N–H and O–H groups in total. The van der Waals surface area contributed by atoms with Gasteiger partial charge in [0.25, 0.3) is 0 Å². The Morgan fingerprint density at radius 3 is 0.880 bits per heavy atom. The molecule has 0 fully saturated rings. The van der Waals surface area contributed by atoms with E-state index in [-0.39, 0.29) is 55.4 Å². The summed E-state index contributed by atoms with van der Waals surface area (Å²) in [5.74, 6) is 0. The minimum absolute atomic E-state index is 0.00125. The Labute approximate surface area is 691 Å². The summed E-state index contributed by atoms with van der Waals surface area (Å²) in [6.07, 6.45) is -13.4. The lowest BCUT2D eigenvalue weighted by Crippen LogP contribution is -2.20. The third kappa shape index (κ3) is 28.8. The largest absolute Gasteiger partial charge is 0.367 e. The van der Waals surface area contributed by atoms with Crippen LogP contribution >= 0.6 is 0 Å². The summed E-state index contributed by atoms with van der Waals surface area (Å²) in [6, 6.07) is 10.9. The number of rotatable bonds is 30. The number of ether oxygens (including phenoxy) is 5. The quantitative estimate of drug-likeness (QED) is 0.0435. The van der Waals surface area contributed by atoms with Crippen LogP contribution in [0.4, 0.5) is 0 Å². The van der Waals surface area contributed by atoms with E-state index < -0.39 is 315 Å². The van der Waals surface area contributed by atoms with Crippen molar-refractivity contribution in [3.05, 3.63) is 356 Å². The van der Waals surface area contributed by atoms with Gasteiger partial charge in [-0.25, -0.2) is 0 Å². The van der Waals surface area contributed by atoms with E-state index in [0.717, 1.165) is 4.90 Å². The highest BCUT2D eigenvalue weighted by Crippen LogP contribution is 2.33. The monoisotopic (exact) mass is 1410 g/mol. The van der Waals surface area contributed by atoms with Crippen LogP contribution in [0.1, 0.15) is 200 Å². The van der Waals surface area contributed by atoms with Gasteiger partial charge in [0.05, 0.1) is 82.2 Å². The van der Waals surface area contributed by atoms with E-state index in [1.54, 1.807) is 69.2 Å². The van der Waals surface area contributed by atoms with Crippen LogP contribution in [0.3, 0.4) is 0 Å². The van der Waals surface area contributed by atoms with Crippen LogP contribution in [0.25, 0.3) is 0 Å².